The SMILES string of the molecule is CCCCN1C(=O)C2SC=CC2=[N+](CC(=O)Nc2cccc(NC(C)=O)c2)C1=O. The van der Waals surface area contributed by atoms with Crippen molar-refractivity contribution in [1.29, 1.82) is 0 Å². The molecule has 2 heterocycles. The van der Waals surface area contributed by atoms with E-state index in [2.05, 4.69) is 10.6 Å². The summed E-state index contributed by atoms with van der Waals surface area (Å²) in [6.07, 6.45) is 3.29. The zero-order valence-corrected chi connectivity index (χ0v) is 17.1. The van der Waals surface area contributed by atoms with Gasteiger partial charge in [-0.2, -0.15) is 14.3 Å². The van der Waals surface area contributed by atoms with E-state index in [0.717, 1.165) is 6.42 Å². The number of carbonyl (C=O) groups excluding carboxylic acids is 4. The average molecular weight is 415 g/mol. The standard InChI is InChI=1S/C20H22N4O4S/c1-3-4-9-23-19(27)18-16(8-10-29-18)24(20(23)28)12-17(26)22-15-7-5-6-14(11-15)21-13(2)25/h5-8,10-11,18H,3-4,9,12H2,1-2H3,(H-,21,22,25,26)/p+1. The highest BCUT2D eigenvalue weighted by molar-refractivity contribution is 8.04. The van der Waals surface area contributed by atoms with Crippen LogP contribution in [0.25, 0.3) is 0 Å². The molecule has 2 aliphatic heterocycles. The lowest BCUT2D eigenvalue weighted by Gasteiger charge is -2.24. The minimum absolute atomic E-state index is 0.199. The zero-order chi connectivity index (χ0) is 21.0. The van der Waals surface area contributed by atoms with Gasteiger partial charge in [-0.1, -0.05) is 19.4 Å². The van der Waals surface area contributed by atoms with Gasteiger partial charge < -0.3 is 10.6 Å². The number of rotatable bonds is 7. The molecule has 2 N–H and O–H groups in total. The summed E-state index contributed by atoms with van der Waals surface area (Å²) in [5.41, 5.74) is 1.60. The van der Waals surface area contributed by atoms with Gasteiger partial charge in [0.2, 0.25) is 5.91 Å². The quantitative estimate of drug-likeness (QED) is 0.667. The summed E-state index contributed by atoms with van der Waals surface area (Å²) in [6, 6.07) is 6.28. The molecule has 152 valence electrons. The fourth-order valence-electron chi connectivity index (χ4n) is 3.16. The predicted molar refractivity (Wildman–Crippen MR) is 112 cm³/mol. The molecule has 2 aliphatic rings. The van der Waals surface area contributed by atoms with Crippen molar-refractivity contribution < 1.29 is 23.8 Å². The minimum atomic E-state index is -0.486. The second-order valence-electron chi connectivity index (χ2n) is 6.77. The number of carbonyl (C=O) groups is 4. The van der Waals surface area contributed by atoms with E-state index in [1.54, 1.807) is 35.7 Å². The number of thioether (sulfide) groups is 1. The van der Waals surface area contributed by atoms with E-state index in [4.69, 9.17) is 0 Å². The van der Waals surface area contributed by atoms with Crippen LogP contribution in [0, 0.1) is 0 Å². The molecule has 0 radical (unpaired) electrons. The number of unbranched alkanes of at least 4 members (excludes halogenated alkanes) is 1. The number of amides is 5. The van der Waals surface area contributed by atoms with Crippen molar-refractivity contribution in [1.82, 2.24) is 4.90 Å². The van der Waals surface area contributed by atoms with E-state index < -0.39 is 11.3 Å². The molecule has 0 spiro atoms. The van der Waals surface area contributed by atoms with Crippen LogP contribution < -0.4 is 10.6 Å². The Morgan fingerprint density at radius 3 is 2.62 bits per heavy atom. The Morgan fingerprint density at radius 2 is 1.93 bits per heavy atom. The molecule has 0 fully saturated rings. The Kier molecular flexibility index (Phi) is 6.48. The third-order valence-corrected chi connectivity index (χ3v) is 5.50. The lowest BCUT2D eigenvalue weighted by atomic mass is 10.1. The molecule has 3 rings (SSSR count). The zero-order valence-electron chi connectivity index (χ0n) is 16.3. The monoisotopic (exact) mass is 415 g/mol. The molecular formula is C20H23N4O4S+. The number of nitrogens with zero attached hydrogens (tertiary/aromatic N) is 2. The second-order valence-corrected chi connectivity index (χ2v) is 7.78. The van der Waals surface area contributed by atoms with Crippen LogP contribution in [0.4, 0.5) is 16.2 Å². The first kappa shape index (κ1) is 20.8. The van der Waals surface area contributed by atoms with Gasteiger partial charge in [0.25, 0.3) is 5.91 Å². The summed E-state index contributed by atoms with van der Waals surface area (Å²) < 4.78 is 1.37. The molecule has 0 saturated carbocycles. The topological polar surface area (TPSA) is 98.6 Å². The van der Waals surface area contributed by atoms with Gasteiger partial charge >= 0.3 is 11.9 Å². The number of urea groups is 1. The summed E-state index contributed by atoms with van der Waals surface area (Å²) in [7, 11) is 0. The van der Waals surface area contributed by atoms with Crippen LogP contribution in [0.15, 0.2) is 35.7 Å². The summed E-state index contributed by atoms with van der Waals surface area (Å²) in [6.45, 7) is 3.54. The van der Waals surface area contributed by atoms with Crippen LogP contribution in [0.2, 0.25) is 0 Å². The van der Waals surface area contributed by atoms with Crippen LogP contribution >= 0.6 is 11.8 Å². The van der Waals surface area contributed by atoms with Gasteiger partial charge in [0.1, 0.15) is 5.71 Å². The molecule has 1 aromatic carbocycles. The number of imide groups is 1. The number of fused-ring (bicyclic) bond motifs is 1. The van der Waals surface area contributed by atoms with Crippen LogP contribution in [-0.4, -0.2) is 57.3 Å². The summed E-state index contributed by atoms with van der Waals surface area (Å²) in [5.74, 6) is -0.829. The molecule has 0 bridgehead atoms. The highest BCUT2D eigenvalue weighted by Crippen LogP contribution is 2.28. The van der Waals surface area contributed by atoms with E-state index in [1.165, 1.54) is 28.2 Å². The van der Waals surface area contributed by atoms with Crippen LogP contribution in [0.3, 0.4) is 0 Å². The maximum Gasteiger partial charge on any atom is 0.501 e. The van der Waals surface area contributed by atoms with Gasteiger partial charge in [-0.15, -0.1) is 11.8 Å². The largest absolute Gasteiger partial charge is 0.501 e. The van der Waals surface area contributed by atoms with Gasteiger partial charge in [-0.3, -0.25) is 9.59 Å². The molecule has 5 amide bonds. The fraction of sp³-hybridized carbons (Fsp3) is 0.350. The highest BCUT2D eigenvalue weighted by Gasteiger charge is 2.49. The van der Waals surface area contributed by atoms with Gasteiger partial charge in [0.05, 0.1) is 6.54 Å². The number of hydrogen-bond donors (Lipinski definition) is 2. The van der Waals surface area contributed by atoms with Crippen molar-refractivity contribution in [2.75, 3.05) is 23.7 Å². The third kappa shape index (κ3) is 4.73. The van der Waals surface area contributed by atoms with E-state index in [-0.39, 0.29) is 24.3 Å². The lowest BCUT2D eigenvalue weighted by molar-refractivity contribution is -0.425. The Balaban J connectivity index is 1.77. The molecule has 9 heteroatoms. The van der Waals surface area contributed by atoms with Crippen molar-refractivity contribution >= 4 is 52.6 Å². The van der Waals surface area contributed by atoms with Gasteiger partial charge in [-0.25, -0.2) is 4.79 Å². The molecule has 0 aromatic heterocycles. The Morgan fingerprint density at radius 1 is 1.21 bits per heavy atom. The molecule has 29 heavy (non-hydrogen) atoms. The number of hydrogen-bond acceptors (Lipinski definition) is 5. The maximum absolute atomic E-state index is 12.9. The number of allylic oxidation sites excluding steroid dienone is 1. The smallest absolute Gasteiger partial charge is 0.326 e. The summed E-state index contributed by atoms with van der Waals surface area (Å²) in [5, 5.41) is 6.68. The molecule has 1 atom stereocenters. The van der Waals surface area contributed by atoms with E-state index >= 15 is 0 Å². The van der Waals surface area contributed by atoms with Crippen molar-refractivity contribution in [2.24, 2.45) is 0 Å². The predicted octanol–water partition coefficient (Wildman–Crippen LogP) is 2.43. The average Bonchev–Trinajstić information content (AvgIpc) is 3.15. The molecular weight excluding hydrogens is 392 g/mol. The normalized spacial score (nSPS) is 18.1. The van der Waals surface area contributed by atoms with Crippen molar-refractivity contribution in [3.63, 3.8) is 0 Å². The molecule has 1 aromatic rings. The first-order valence-electron chi connectivity index (χ1n) is 9.40. The molecule has 0 aliphatic carbocycles. The Bertz CT molecular complexity index is 925. The molecule has 8 nitrogen and oxygen atoms in total. The first-order chi connectivity index (χ1) is 13.9. The maximum atomic E-state index is 12.9. The van der Waals surface area contributed by atoms with Gasteiger partial charge in [0.15, 0.2) is 11.8 Å². The molecule has 1 unspecified atom stereocenters. The van der Waals surface area contributed by atoms with Crippen LogP contribution in [0.5, 0.6) is 0 Å². The van der Waals surface area contributed by atoms with Crippen LogP contribution in [0.1, 0.15) is 26.7 Å². The number of nitrogens with one attached hydrogen (secondary N) is 2. The summed E-state index contributed by atoms with van der Waals surface area (Å²) in [4.78, 5) is 50.6. The minimum Gasteiger partial charge on any atom is -0.326 e. The second kappa shape index (κ2) is 9.04. The Labute approximate surface area is 173 Å². The van der Waals surface area contributed by atoms with E-state index in [9.17, 15) is 19.2 Å². The van der Waals surface area contributed by atoms with Crippen molar-refractivity contribution in [3.8, 4) is 0 Å². The van der Waals surface area contributed by atoms with E-state index in [0.29, 0.717) is 30.1 Å². The van der Waals surface area contributed by atoms with Crippen LogP contribution in [-0.2, 0) is 14.4 Å². The summed E-state index contributed by atoms with van der Waals surface area (Å²) >= 11 is 1.34. The number of anilines is 2. The van der Waals surface area contributed by atoms with Gasteiger partial charge in [-0.05, 0) is 36.1 Å². The molecule has 0 saturated heterocycles. The number of benzene rings is 1. The third-order valence-electron chi connectivity index (χ3n) is 4.49. The van der Waals surface area contributed by atoms with Crippen molar-refractivity contribution in [2.45, 2.75) is 31.9 Å². The highest BCUT2D eigenvalue weighted by atomic mass is 32.2. The first-order valence-corrected chi connectivity index (χ1v) is 10.3. The van der Waals surface area contributed by atoms with Gasteiger partial charge in [0, 0.05) is 18.3 Å². The Hall–Kier alpha value is -2.94. The fourth-order valence-corrected chi connectivity index (χ4v) is 4.12. The lowest BCUT2D eigenvalue weighted by Crippen LogP contribution is -2.56. The van der Waals surface area contributed by atoms with E-state index in [1.807, 2.05) is 6.92 Å². The van der Waals surface area contributed by atoms with Crippen molar-refractivity contribution in [3.05, 3.63) is 35.7 Å².